The maximum Gasteiger partial charge on any atom is 0.0991 e. The van der Waals surface area contributed by atoms with Gasteiger partial charge in [-0.2, -0.15) is 5.26 Å². The molecule has 0 bridgehead atoms. The predicted octanol–water partition coefficient (Wildman–Crippen LogP) is 2.51. The van der Waals surface area contributed by atoms with Gasteiger partial charge in [0.2, 0.25) is 0 Å². The van der Waals surface area contributed by atoms with Gasteiger partial charge in [-0.3, -0.25) is 0 Å². The maximum absolute atomic E-state index is 9.94. The largest absolute Gasteiger partial charge is 0.392 e. The van der Waals surface area contributed by atoms with Gasteiger partial charge in [0.1, 0.15) is 0 Å². The highest BCUT2D eigenvalue weighted by molar-refractivity contribution is 5.32. The van der Waals surface area contributed by atoms with Crippen LogP contribution >= 0.6 is 0 Å². The van der Waals surface area contributed by atoms with Crippen molar-refractivity contribution in [3.8, 4) is 6.07 Å². The minimum Gasteiger partial charge on any atom is -0.392 e. The molecule has 2 N–H and O–H groups in total. The fourth-order valence-corrected chi connectivity index (χ4v) is 2.57. The molecule has 1 unspecified atom stereocenters. The van der Waals surface area contributed by atoms with Crippen LogP contribution in [0.15, 0.2) is 24.3 Å². The molecule has 1 aromatic rings. The molecule has 1 aliphatic rings. The molecule has 0 radical (unpaired) electrons. The summed E-state index contributed by atoms with van der Waals surface area (Å²) in [6, 6.07) is 10.2. The van der Waals surface area contributed by atoms with Crippen LogP contribution < -0.4 is 5.32 Å². The second-order valence-electron chi connectivity index (χ2n) is 5.08. The van der Waals surface area contributed by atoms with E-state index in [1.165, 1.54) is 6.42 Å². The summed E-state index contributed by atoms with van der Waals surface area (Å²) in [5.74, 6) is 0. The molecular weight excluding hydrogens is 224 g/mol. The molecule has 3 atom stereocenters. The molecule has 1 aromatic carbocycles. The summed E-state index contributed by atoms with van der Waals surface area (Å²) in [4.78, 5) is 0. The van der Waals surface area contributed by atoms with Gasteiger partial charge in [0.05, 0.1) is 17.7 Å². The highest BCUT2D eigenvalue weighted by Crippen LogP contribution is 2.22. The Labute approximate surface area is 108 Å². The van der Waals surface area contributed by atoms with Crippen LogP contribution in [0.25, 0.3) is 0 Å². The number of hydrogen-bond acceptors (Lipinski definition) is 3. The van der Waals surface area contributed by atoms with E-state index in [-0.39, 0.29) is 18.2 Å². The van der Waals surface area contributed by atoms with Crippen LogP contribution in [0.3, 0.4) is 0 Å². The summed E-state index contributed by atoms with van der Waals surface area (Å²) in [6.07, 6.45) is 4.04. The van der Waals surface area contributed by atoms with Gasteiger partial charge in [-0.15, -0.1) is 0 Å². The van der Waals surface area contributed by atoms with Gasteiger partial charge in [0.15, 0.2) is 0 Å². The van der Waals surface area contributed by atoms with E-state index in [1.54, 1.807) is 0 Å². The number of hydrogen-bond donors (Lipinski definition) is 2. The summed E-state index contributed by atoms with van der Waals surface area (Å²) < 4.78 is 0. The molecule has 3 heteroatoms. The minimum absolute atomic E-state index is 0.199. The van der Waals surface area contributed by atoms with E-state index in [4.69, 9.17) is 5.26 Å². The molecule has 1 saturated carbocycles. The second kappa shape index (κ2) is 5.99. The van der Waals surface area contributed by atoms with Crippen LogP contribution in [-0.4, -0.2) is 17.3 Å². The number of aliphatic hydroxyl groups is 1. The third-order valence-corrected chi connectivity index (χ3v) is 3.73. The monoisotopic (exact) mass is 244 g/mol. The van der Waals surface area contributed by atoms with Crippen molar-refractivity contribution in [2.24, 2.45) is 0 Å². The molecule has 0 saturated heterocycles. The van der Waals surface area contributed by atoms with Gasteiger partial charge < -0.3 is 10.4 Å². The third-order valence-electron chi connectivity index (χ3n) is 3.73. The van der Waals surface area contributed by atoms with Crippen LogP contribution in [0.5, 0.6) is 0 Å². The first-order valence-electron chi connectivity index (χ1n) is 6.65. The number of nitrogens with zero attached hydrogens (tertiary/aromatic N) is 1. The molecule has 1 fully saturated rings. The lowest BCUT2D eigenvalue weighted by Crippen LogP contribution is -2.43. The summed E-state index contributed by atoms with van der Waals surface area (Å²) in [5, 5.41) is 22.2. The minimum atomic E-state index is -0.223. The molecule has 0 spiro atoms. The van der Waals surface area contributed by atoms with Crippen molar-refractivity contribution in [2.45, 2.75) is 50.8 Å². The van der Waals surface area contributed by atoms with Crippen LogP contribution in [0.2, 0.25) is 0 Å². The van der Waals surface area contributed by atoms with Crippen LogP contribution in [0.1, 0.15) is 49.8 Å². The zero-order chi connectivity index (χ0) is 13.0. The Morgan fingerprint density at radius 3 is 2.56 bits per heavy atom. The van der Waals surface area contributed by atoms with Crippen molar-refractivity contribution < 1.29 is 5.11 Å². The number of nitrogens with one attached hydrogen (secondary N) is 1. The Balaban J connectivity index is 1.98. The first-order chi connectivity index (χ1) is 8.70. The molecule has 0 aromatic heterocycles. The van der Waals surface area contributed by atoms with E-state index in [0.29, 0.717) is 5.56 Å². The third kappa shape index (κ3) is 3.10. The van der Waals surface area contributed by atoms with Crippen LogP contribution in [0, 0.1) is 11.3 Å². The van der Waals surface area contributed by atoms with E-state index in [2.05, 4.69) is 18.3 Å². The van der Waals surface area contributed by atoms with Crippen LogP contribution in [-0.2, 0) is 0 Å². The Morgan fingerprint density at radius 1 is 1.28 bits per heavy atom. The Kier molecular flexibility index (Phi) is 4.35. The quantitative estimate of drug-likeness (QED) is 0.859. The summed E-state index contributed by atoms with van der Waals surface area (Å²) in [6.45, 7) is 2.10. The molecule has 0 aliphatic heterocycles. The van der Waals surface area contributed by atoms with Crippen molar-refractivity contribution in [3.63, 3.8) is 0 Å². The highest BCUT2D eigenvalue weighted by Gasteiger charge is 2.24. The van der Waals surface area contributed by atoms with E-state index >= 15 is 0 Å². The molecular formula is C15H20N2O. The average Bonchev–Trinajstić information content (AvgIpc) is 2.41. The smallest absolute Gasteiger partial charge is 0.0991 e. The fraction of sp³-hybridized carbons (Fsp3) is 0.533. The van der Waals surface area contributed by atoms with E-state index < -0.39 is 0 Å². The van der Waals surface area contributed by atoms with Crippen molar-refractivity contribution in [1.82, 2.24) is 5.32 Å². The lowest BCUT2D eigenvalue weighted by Gasteiger charge is -2.31. The van der Waals surface area contributed by atoms with Crippen molar-refractivity contribution >= 4 is 0 Å². The number of aliphatic hydroxyl groups excluding tert-OH is 1. The predicted molar refractivity (Wildman–Crippen MR) is 71.0 cm³/mol. The second-order valence-corrected chi connectivity index (χ2v) is 5.08. The highest BCUT2D eigenvalue weighted by atomic mass is 16.3. The first-order valence-corrected chi connectivity index (χ1v) is 6.65. The number of nitriles is 1. The average molecular weight is 244 g/mol. The molecule has 1 aliphatic carbocycles. The van der Waals surface area contributed by atoms with Gasteiger partial charge in [-0.1, -0.05) is 25.0 Å². The standard InChI is InChI=1S/C15H20N2O/c1-11(13-8-6-12(10-16)7-9-13)17-14-4-2-3-5-15(14)18/h6-9,11,14-15,17-18H,2-5H2,1H3/t11?,14-,15-/m0/s1. The van der Waals surface area contributed by atoms with Crippen molar-refractivity contribution in [2.75, 3.05) is 0 Å². The normalized spacial score (nSPS) is 25.4. The van der Waals surface area contributed by atoms with Gasteiger partial charge in [0, 0.05) is 12.1 Å². The maximum atomic E-state index is 9.94. The zero-order valence-corrected chi connectivity index (χ0v) is 10.8. The SMILES string of the molecule is CC(N[C@H]1CCCC[C@@H]1O)c1ccc(C#N)cc1. The van der Waals surface area contributed by atoms with Gasteiger partial charge in [-0.25, -0.2) is 0 Å². The lowest BCUT2D eigenvalue weighted by atomic mass is 9.91. The van der Waals surface area contributed by atoms with Crippen molar-refractivity contribution in [1.29, 1.82) is 5.26 Å². The number of benzene rings is 1. The van der Waals surface area contributed by atoms with Crippen molar-refractivity contribution in [3.05, 3.63) is 35.4 Å². The zero-order valence-electron chi connectivity index (χ0n) is 10.8. The van der Waals surface area contributed by atoms with Gasteiger partial charge in [0.25, 0.3) is 0 Å². The van der Waals surface area contributed by atoms with Gasteiger partial charge in [-0.05, 0) is 37.5 Å². The Morgan fingerprint density at radius 2 is 1.94 bits per heavy atom. The van der Waals surface area contributed by atoms with E-state index in [0.717, 1.165) is 24.8 Å². The first kappa shape index (κ1) is 13.1. The molecule has 0 amide bonds. The lowest BCUT2D eigenvalue weighted by molar-refractivity contribution is 0.0860. The fourth-order valence-electron chi connectivity index (χ4n) is 2.57. The topological polar surface area (TPSA) is 56.0 Å². The van der Waals surface area contributed by atoms with Crippen LogP contribution in [0.4, 0.5) is 0 Å². The molecule has 96 valence electrons. The van der Waals surface area contributed by atoms with Gasteiger partial charge >= 0.3 is 0 Å². The molecule has 2 rings (SSSR count). The molecule has 3 nitrogen and oxygen atoms in total. The Bertz CT molecular complexity index is 421. The summed E-state index contributed by atoms with van der Waals surface area (Å²) in [5.41, 5.74) is 1.84. The molecule has 0 heterocycles. The Hall–Kier alpha value is -1.37. The number of rotatable bonds is 3. The summed E-state index contributed by atoms with van der Waals surface area (Å²) >= 11 is 0. The van der Waals surface area contributed by atoms with E-state index in [1.807, 2.05) is 24.3 Å². The van der Waals surface area contributed by atoms with E-state index in [9.17, 15) is 5.11 Å². The molecule has 18 heavy (non-hydrogen) atoms. The summed E-state index contributed by atoms with van der Waals surface area (Å²) in [7, 11) is 0.